The van der Waals surface area contributed by atoms with Crippen LogP contribution in [0.25, 0.3) is 0 Å². The Morgan fingerprint density at radius 3 is 2.88 bits per heavy atom. The number of thioether (sulfide) groups is 1. The zero-order valence-electron chi connectivity index (χ0n) is 14.0. The molecule has 1 aromatic rings. The fourth-order valence-corrected chi connectivity index (χ4v) is 4.22. The lowest BCUT2D eigenvalue weighted by atomic mass is 10.1. The third-order valence-electron chi connectivity index (χ3n) is 4.25. The van der Waals surface area contributed by atoms with Gasteiger partial charge in [0.25, 0.3) is 5.91 Å². The van der Waals surface area contributed by atoms with Crippen molar-refractivity contribution >= 4 is 23.5 Å². The largest absolute Gasteiger partial charge is 0.416 e. The first-order valence-electron chi connectivity index (χ1n) is 8.06. The van der Waals surface area contributed by atoms with E-state index in [1.165, 1.54) is 12.1 Å². The number of ketones is 1. The predicted molar refractivity (Wildman–Crippen MR) is 93.3 cm³/mol. The van der Waals surface area contributed by atoms with Crippen molar-refractivity contribution < 1.29 is 22.8 Å². The van der Waals surface area contributed by atoms with Gasteiger partial charge < -0.3 is 10.2 Å². The highest BCUT2D eigenvalue weighted by molar-refractivity contribution is 8.04. The number of hydrogen-bond donors (Lipinski definition) is 1. The number of carbonyl (C=O) groups is 2. The average Bonchev–Trinajstić information content (AvgIpc) is 2.89. The van der Waals surface area contributed by atoms with Crippen molar-refractivity contribution in [3.63, 3.8) is 0 Å². The van der Waals surface area contributed by atoms with Crippen molar-refractivity contribution in [2.45, 2.75) is 24.4 Å². The van der Waals surface area contributed by atoms with Crippen LogP contribution in [0.1, 0.15) is 28.8 Å². The maximum absolute atomic E-state index is 12.7. The fraction of sp³-hybridized carbons (Fsp3) is 0.333. The van der Waals surface area contributed by atoms with Crippen LogP contribution in [0.2, 0.25) is 0 Å². The Labute approximate surface area is 153 Å². The molecule has 1 heterocycles. The second kappa shape index (κ2) is 7.19. The standard InChI is InChI=1S/C18H17F3N2O2S/c1-23-14-6-5-13(24)10-15(14)26-16(23)7-8-22-17(25)11-3-2-4-12(9-11)18(19,20)21/h2-4,6,9-10,16H,5,7-8H2,1H3,(H,22,25). The fourth-order valence-electron chi connectivity index (χ4n) is 2.87. The summed E-state index contributed by atoms with van der Waals surface area (Å²) in [6, 6.07) is 4.36. The minimum Gasteiger partial charge on any atom is -0.362 e. The zero-order chi connectivity index (χ0) is 18.9. The number of likely N-dealkylation sites (N-methyl/N-ethyl adjacent to an activating group) is 1. The molecule has 2 aliphatic rings. The molecule has 3 rings (SSSR count). The maximum atomic E-state index is 12.7. The molecule has 0 spiro atoms. The van der Waals surface area contributed by atoms with Gasteiger partial charge in [0.1, 0.15) is 0 Å². The molecule has 4 nitrogen and oxygen atoms in total. The number of hydrogen-bond acceptors (Lipinski definition) is 4. The first-order chi connectivity index (χ1) is 12.3. The van der Waals surface area contributed by atoms with E-state index in [1.54, 1.807) is 17.8 Å². The Kier molecular flexibility index (Phi) is 5.13. The van der Waals surface area contributed by atoms with Crippen molar-refractivity contribution in [1.29, 1.82) is 0 Å². The number of rotatable bonds is 4. The van der Waals surface area contributed by atoms with Crippen molar-refractivity contribution in [3.05, 3.63) is 58.1 Å². The molecule has 1 atom stereocenters. The molecule has 0 radical (unpaired) electrons. The molecule has 1 aliphatic carbocycles. The highest BCUT2D eigenvalue weighted by Crippen LogP contribution is 2.43. The summed E-state index contributed by atoms with van der Waals surface area (Å²) in [5, 5.41) is 2.73. The van der Waals surface area contributed by atoms with E-state index in [2.05, 4.69) is 10.2 Å². The maximum Gasteiger partial charge on any atom is 0.416 e. The summed E-state index contributed by atoms with van der Waals surface area (Å²) in [6.45, 7) is 0.325. The van der Waals surface area contributed by atoms with E-state index >= 15 is 0 Å². The van der Waals surface area contributed by atoms with Gasteiger partial charge in [-0.05, 0) is 30.7 Å². The lowest BCUT2D eigenvalue weighted by Crippen LogP contribution is -2.30. The second-order valence-electron chi connectivity index (χ2n) is 6.07. The number of benzene rings is 1. The number of allylic oxidation sites excluding steroid dienone is 2. The van der Waals surface area contributed by atoms with E-state index < -0.39 is 17.6 Å². The molecule has 26 heavy (non-hydrogen) atoms. The topological polar surface area (TPSA) is 49.4 Å². The van der Waals surface area contributed by atoms with Crippen LogP contribution in [0.5, 0.6) is 0 Å². The molecule has 0 bridgehead atoms. The van der Waals surface area contributed by atoms with E-state index in [4.69, 9.17) is 0 Å². The summed E-state index contributed by atoms with van der Waals surface area (Å²) >= 11 is 1.56. The number of halogens is 3. The normalized spacial score (nSPS) is 19.8. The van der Waals surface area contributed by atoms with Crippen molar-refractivity contribution in [2.24, 2.45) is 0 Å². The molecule has 1 unspecified atom stereocenters. The quantitative estimate of drug-likeness (QED) is 0.865. The van der Waals surface area contributed by atoms with Crippen LogP contribution in [0, 0.1) is 0 Å². The molecule has 1 fully saturated rings. The van der Waals surface area contributed by atoms with Gasteiger partial charge in [-0.15, -0.1) is 0 Å². The van der Waals surface area contributed by atoms with Crippen LogP contribution in [-0.4, -0.2) is 35.6 Å². The van der Waals surface area contributed by atoms with Gasteiger partial charge in [-0.25, -0.2) is 0 Å². The van der Waals surface area contributed by atoms with Gasteiger partial charge in [-0.2, -0.15) is 13.2 Å². The highest BCUT2D eigenvalue weighted by atomic mass is 32.2. The molecule has 0 saturated carbocycles. The highest BCUT2D eigenvalue weighted by Gasteiger charge is 2.32. The number of alkyl halides is 3. The van der Waals surface area contributed by atoms with Gasteiger partial charge in [0, 0.05) is 36.2 Å². The Hall–Kier alpha value is -2.22. The summed E-state index contributed by atoms with van der Waals surface area (Å²) < 4.78 is 38.2. The van der Waals surface area contributed by atoms with Gasteiger partial charge in [0.05, 0.1) is 10.9 Å². The molecule has 0 aromatic heterocycles. The van der Waals surface area contributed by atoms with E-state index in [1.807, 2.05) is 13.1 Å². The Bertz CT molecular complexity index is 802. The predicted octanol–water partition coefficient (Wildman–Crippen LogP) is 3.57. The van der Waals surface area contributed by atoms with Crippen LogP contribution < -0.4 is 5.32 Å². The van der Waals surface area contributed by atoms with E-state index in [-0.39, 0.29) is 16.7 Å². The van der Waals surface area contributed by atoms with E-state index in [0.717, 1.165) is 22.7 Å². The SMILES string of the molecule is CN1C2=CCC(=O)C=C2SC1CCNC(=O)c1cccc(C(F)(F)F)c1. The van der Waals surface area contributed by atoms with Crippen LogP contribution in [0.4, 0.5) is 13.2 Å². The molecule has 1 aromatic carbocycles. The van der Waals surface area contributed by atoms with Crippen LogP contribution in [0.15, 0.2) is 47.0 Å². The minimum absolute atomic E-state index is 0.0167. The first-order valence-corrected chi connectivity index (χ1v) is 8.93. The molecule has 1 saturated heterocycles. The van der Waals surface area contributed by atoms with E-state index in [0.29, 0.717) is 19.4 Å². The van der Waals surface area contributed by atoms with Gasteiger partial charge in [0.2, 0.25) is 0 Å². The lowest BCUT2D eigenvalue weighted by Gasteiger charge is -2.21. The van der Waals surface area contributed by atoms with Crippen LogP contribution in [-0.2, 0) is 11.0 Å². The zero-order valence-corrected chi connectivity index (χ0v) is 14.8. The van der Waals surface area contributed by atoms with Crippen molar-refractivity contribution in [2.75, 3.05) is 13.6 Å². The smallest absolute Gasteiger partial charge is 0.362 e. The third-order valence-corrected chi connectivity index (χ3v) is 5.65. The van der Waals surface area contributed by atoms with Crippen molar-refractivity contribution in [3.8, 4) is 0 Å². The molecule has 1 N–H and O–H groups in total. The molecular formula is C18H17F3N2O2S. The number of amides is 1. The number of nitrogens with one attached hydrogen (secondary N) is 1. The lowest BCUT2D eigenvalue weighted by molar-refractivity contribution is -0.137. The van der Waals surface area contributed by atoms with Gasteiger partial charge in [-0.1, -0.05) is 23.9 Å². The number of fused-ring (bicyclic) bond motifs is 1. The summed E-state index contributed by atoms with van der Waals surface area (Å²) in [5.74, 6) is -0.462. The van der Waals surface area contributed by atoms with Gasteiger partial charge in [0.15, 0.2) is 5.78 Å². The Morgan fingerprint density at radius 1 is 1.38 bits per heavy atom. The summed E-state index contributed by atoms with van der Waals surface area (Å²) in [7, 11) is 1.93. The molecule has 138 valence electrons. The first kappa shape index (κ1) is 18.6. The second-order valence-corrected chi connectivity index (χ2v) is 7.29. The summed E-state index contributed by atoms with van der Waals surface area (Å²) in [6.07, 6.45) is 0.0513. The van der Waals surface area contributed by atoms with Gasteiger partial charge in [-0.3, -0.25) is 9.59 Å². The van der Waals surface area contributed by atoms with Crippen molar-refractivity contribution in [1.82, 2.24) is 10.2 Å². The number of nitrogens with zero attached hydrogens (tertiary/aromatic N) is 1. The average molecular weight is 382 g/mol. The molecular weight excluding hydrogens is 365 g/mol. The monoisotopic (exact) mass is 382 g/mol. The molecule has 1 aliphatic heterocycles. The Balaban J connectivity index is 1.56. The number of carbonyl (C=O) groups excluding carboxylic acids is 2. The van der Waals surface area contributed by atoms with Crippen LogP contribution in [0.3, 0.4) is 0 Å². The molecule has 1 amide bonds. The van der Waals surface area contributed by atoms with Crippen LogP contribution >= 0.6 is 11.8 Å². The minimum atomic E-state index is -4.48. The third kappa shape index (κ3) is 3.95. The summed E-state index contributed by atoms with van der Waals surface area (Å²) in [4.78, 5) is 26.6. The van der Waals surface area contributed by atoms with E-state index in [9.17, 15) is 22.8 Å². The Morgan fingerprint density at radius 2 is 2.15 bits per heavy atom. The van der Waals surface area contributed by atoms with Gasteiger partial charge >= 0.3 is 6.18 Å². The molecule has 8 heteroatoms. The summed E-state index contributed by atoms with van der Waals surface area (Å²) in [5.41, 5.74) is 0.157.